The first-order valence-corrected chi connectivity index (χ1v) is 10.7. The lowest BCUT2D eigenvalue weighted by Crippen LogP contribution is -2.44. The lowest BCUT2D eigenvalue weighted by molar-refractivity contribution is -0.150. The molecule has 132 valence electrons. The van der Waals surface area contributed by atoms with Gasteiger partial charge in [-0.05, 0) is 24.3 Å². The summed E-state index contributed by atoms with van der Waals surface area (Å²) in [5.74, 6) is 0.994. The molecule has 0 bridgehead atoms. The summed E-state index contributed by atoms with van der Waals surface area (Å²) in [4.78, 5) is 17.0. The molecule has 0 unspecified atom stereocenters. The molecule has 2 fully saturated rings. The maximum Gasteiger partial charge on any atom is 0.307 e. The summed E-state index contributed by atoms with van der Waals surface area (Å²) in [6.45, 7) is 4.48. The summed E-state index contributed by atoms with van der Waals surface area (Å²) in [7, 11) is 0. The predicted octanol–water partition coefficient (Wildman–Crippen LogP) is 5.54. The molecular formula is C19H20ClNO2S2. The average Bonchev–Trinajstić information content (AvgIpc) is 3.12. The number of thiazole rings is 1. The summed E-state index contributed by atoms with van der Waals surface area (Å²) >= 11 is 9.57. The minimum Gasteiger partial charge on any atom is -0.458 e. The van der Waals surface area contributed by atoms with E-state index in [1.54, 1.807) is 11.3 Å². The van der Waals surface area contributed by atoms with Crippen LogP contribution in [0.4, 0.5) is 0 Å². The van der Waals surface area contributed by atoms with E-state index in [1.807, 2.05) is 36.0 Å². The number of nitrogens with zero attached hydrogens (tertiary/aromatic N) is 1. The van der Waals surface area contributed by atoms with Crippen molar-refractivity contribution in [3.63, 3.8) is 0 Å². The summed E-state index contributed by atoms with van der Waals surface area (Å²) in [6.07, 6.45) is 2.23. The number of hydrogen-bond acceptors (Lipinski definition) is 5. The van der Waals surface area contributed by atoms with Crippen LogP contribution in [-0.4, -0.2) is 27.1 Å². The van der Waals surface area contributed by atoms with Crippen LogP contribution < -0.4 is 0 Å². The molecule has 25 heavy (non-hydrogen) atoms. The van der Waals surface area contributed by atoms with Gasteiger partial charge in [0.25, 0.3) is 0 Å². The lowest BCUT2D eigenvalue weighted by Gasteiger charge is -2.43. The fourth-order valence-electron chi connectivity index (χ4n) is 3.95. The van der Waals surface area contributed by atoms with Crippen molar-refractivity contribution < 1.29 is 9.53 Å². The molecule has 0 amide bonds. The van der Waals surface area contributed by atoms with Crippen LogP contribution in [0.3, 0.4) is 0 Å². The molecule has 6 heteroatoms. The Morgan fingerprint density at radius 1 is 1.28 bits per heavy atom. The highest BCUT2D eigenvalue weighted by atomic mass is 35.5. The Bertz CT molecular complexity index is 802. The van der Waals surface area contributed by atoms with E-state index in [1.165, 1.54) is 0 Å². The molecule has 0 N–H and O–H groups in total. The van der Waals surface area contributed by atoms with Gasteiger partial charge in [0.05, 0.1) is 18.0 Å². The summed E-state index contributed by atoms with van der Waals surface area (Å²) in [6, 6.07) is 7.71. The number of rotatable bonds is 2. The second-order valence-corrected chi connectivity index (χ2v) is 10.5. The maximum atomic E-state index is 12.2. The standard InChI is InChI=1S/C19H20ClNO2S2/c1-18(2)11-19(7-8-25-18)14(9-16(22)23-19)17-21-15(10-24-17)12-3-5-13(20)6-4-12/h3-6,10,14H,7-9,11H2,1-2H3/t14-,19-/m1/s1. The Hall–Kier alpha value is -1.04. The van der Waals surface area contributed by atoms with E-state index >= 15 is 0 Å². The molecule has 0 radical (unpaired) electrons. The van der Waals surface area contributed by atoms with E-state index < -0.39 is 0 Å². The molecule has 2 aliphatic rings. The van der Waals surface area contributed by atoms with Gasteiger partial charge in [-0.2, -0.15) is 11.8 Å². The van der Waals surface area contributed by atoms with Crippen LogP contribution >= 0.6 is 34.7 Å². The van der Waals surface area contributed by atoms with Crippen LogP contribution in [0.25, 0.3) is 11.3 Å². The van der Waals surface area contributed by atoms with E-state index in [9.17, 15) is 4.79 Å². The normalized spacial score (nSPS) is 28.3. The summed E-state index contributed by atoms with van der Waals surface area (Å²) < 4.78 is 6.04. The first-order valence-electron chi connectivity index (χ1n) is 8.44. The highest BCUT2D eigenvalue weighted by Crippen LogP contribution is 2.54. The van der Waals surface area contributed by atoms with Crippen LogP contribution in [0.1, 0.15) is 44.0 Å². The van der Waals surface area contributed by atoms with Crippen molar-refractivity contribution in [2.24, 2.45) is 0 Å². The van der Waals surface area contributed by atoms with Crippen molar-refractivity contribution in [2.75, 3.05) is 5.75 Å². The fourth-order valence-corrected chi connectivity index (χ4v) is 6.46. The molecule has 2 atom stereocenters. The number of thioether (sulfide) groups is 1. The zero-order valence-corrected chi connectivity index (χ0v) is 16.6. The molecule has 1 aromatic carbocycles. The van der Waals surface area contributed by atoms with E-state index in [2.05, 4.69) is 19.2 Å². The third kappa shape index (κ3) is 3.34. The van der Waals surface area contributed by atoms with Gasteiger partial charge < -0.3 is 4.74 Å². The highest BCUT2D eigenvalue weighted by molar-refractivity contribution is 8.00. The van der Waals surface area contributed by atoms with Gasteiger partial charge in [-0.25, -0.2) is 4.98 Å². The Morgan fingerprint density at radius 3 is 2.76 bits per heavy atom. The first-order chi connectivity index (χ1) is 11.9. The van der Waals surface area contributed by atoms with E-state index in [-0.39, 0.29) is 22.2 Å². The summed E-state index contributed by atoms with van der Waals surface area (Å²) in [5.41, 5.74) is 1.60. The van der Waals surface area contributed by atoms with Crippen molar-refractivity contribution in [3.8, 4) is 11.3 Å². The van der Waals surface area contributed by atoms with Gasteiger partial charge in [0, 0.05) is 27.1 Å². The van der Waals surface area contributed by atoms with Crippen molar-refractivity contribution in [2.45, 2.75) is 49.4 Å². The quantitative estimate of drug-likeness (QED) is 0.628. The first kappa shape index (κ1) is 17.4. The molecule has 3 nitrogen and oxygen atoms in total. The fraction of sp³-hybridized carbons (Fsp3) is 0.474. The number of hydrogen-bond donors (Lipinski definition) is 0. The van der Waals surface area contributed by atoms with Crippen LogP contribution in [0.15, 0.2) is 29.6 Å². The minimum absolute atomic E-state index is 0.0613. The number of carbonyl (C=O) groups is 1. The monoisotopic (exact) mass is 393 g/mol. The molecule has 1 spiro atoms. The van der Waals surface area contributed by atoms with Gasteiger partial charge in [-0.1, -0.05) is 37.6 Å². The molecule has 0 aliphatic carbocycles. The van der Waals surface area contributed by atoms with Crippen molar-refractivity contribution in [1.82, 2.24) is 4.98 Å². The Morgan fingerprint density at radius 2 is 2.04 bits per heavy atom. The minimum atomic E-state index is -0.388. The molecule has 3 heterocycles. The van der Waals surface area contributed by atoms with Crippen molar-refractivity contribution >= 4 is 40.7 Å². The SMILES string of the molecule is CC1(C)C[C@@]2(CCS1)OC(=O)C[C@@H]2c1nc(-c2ccc(Cl)cc2)cs1. The van der Waals surface area contributed by atoms with E-state index in [0.29, 0.717) is 6.42 Å². The highest BCUT2D eigenvalue weighted by Gasteiger charge is 2.55. The van der Waals surface area contributed by atoms with Crippen molar-refractivity contribution in [3.05, 3.63) is 39.7 Å². The molecule has 2 aliphatic heterocycles. The van der Waals surface area contributed by atoms with Gasteiger partial charge in [0.1, 0.15) is 10.6 Å². The van der Waals surface area contributed by atoms with Gasteiger partial charge in [-0.15, -0.1) is 11.3 Å². The van der Waals surface area contributed by atoms with Gasteiger partial charge in [-0.3, -0.25) is 4.79 Å². The van der Waals surface area contributed by atoms with Gasteiger partial charge in [0.15, 0.2) is 0 Å². The predicted molar refractivity (Wildman–Crippen MR) is 105 cm³/mol. The van der Waals surface area contributed by atoms with Crippen LogP contribution in [0.5, 0.6) is 0 Å². The molecule has 4 rings (SSSR count). The zero-order chi connectivity index (χ0) is 17.7. The topological polar surface area (TPSA) is 39.2 Å². The Kier molecular flexibility index (Phi) is 4.37. The molecule has 2 saturated heterocycles. The largest absolute Gasteiger partial charge is 0.458 e. The van der Waals surface area contributed by atoms with E-state index in [4.69, 9.17) is 21.3 Å². The van der Waals surface area contributed by atoms with Crippen LogP contribution in [0.2, 0.25) is 5.02 Å². The second-order valence-electron chi connectivity index (χ2n) is 7.41. The number of benzene rings is 1. The third-order valence-corrected chi connectivity index (χ3v) is 7.57. The molecular weight excluding hydrogens is 374 g/mol. The lowest BCUT2D eigenvalue weighted by atomic mass is 9.78. The van der Waals surface area contributed by atoms with Gasteiger partial charge in [0.2, 0.25) is 0 Å². The third-order valence-electron chi connectivity index (χ3n) is 5.03. The second kappa shape index (κ2) is 6.29. The Balaban J connectivity index is 1.66. The molecule has 0 saturated carbocycles. The van der Waals surface area contributed by atoms with Gasteiger partial charge >= 0.3 is 5.97 Å². The Labute approximate surface area is 161 Å². The molecule has 2 aromatic rings. The number of carbonyl (C=O) groups excluding carboxylic acids is 1. The van der Waals surface area contributed by atoms with Crippen molar-refractivity contribution in [1.29, 1.82) is 0 Å². The van der Waals surface area contributed by atoms with Crippen LogP contribution in [-0.2, 0) is 9.53 Å². The zero-order valence-electron chi connectivity index (χ0n) is 14.3. The number of halogens is 1. The number of ether oxygens (including phenoxy) is 1. The number of aromatic nitrogens is 1. The number of esters is 1. The molecule has 1 aromatic heterocycles. The van der Waals surface area contributed by atoms with Crippen LogP contribution in [0, 0.1) is 0 Å². The summed E-state index contributed by atoms with van der Waals surface area (Å²) in [5, 5.41) is 3.80. The van der Waals surface area contributed by atoms with E-state index in [0.717, 1.165) is 39.9 Å². The average molecular weight is 394 g/mol. The smallest absolute Gasteiger partial charge is 0.307 e. The maximum absolute atomic E-state index is 12.2.